The van der Waals surface area contributed by atoms with E-state index in [1.54, 1.807) is 4.68 Å². The van der Waals surface area contributed by atoms with Crippen LogP contribution in [-0.2, 0) is 4.79 Å². The lowest BCUT2D eigenvalue weighted by Crippen LogP contribution is -2.05. The third-order valence-corrected chi connectivity index (χ3v) is 5.27. The summed E-state index contributed by atoms with van der Waals surface area (Å²) < 4.78 is 4.14. The van der Waals surface area contributed by atoms with Crippen LogP contribution in [0.25, 0.3) is 5.69 Å². The molecule has 0 atom stereocenters. The number of aromatic nitrogens is 2. The summed E-state index contributed by atoms with van der Waals surface area (Å²) in [5, 5.41) is 7.04. The van der Waals surface area contributed by atoms with Gasteiger partial charge in [0.15, 0.2) is 0 Å². The monoisotopic (exact) mass is 435 g/mol. The highest BCUT2D eigenvalue weighted by molar-refractivity contribution is 9.14. The minimum atomic E-state index is -0.0893. The first kappa shape index (κ1) is 13.8. The van der Waals surface area contributed by atoms with Crippen LogP contribution in [0.5, 0.6) is 0 Å². The Bertz CT molecular complexity index is 592. The molecule has 1 amide bonds. The predicted molar refractivity (Wildman–Crippen MR) is 81.0 cm³/mol. The Balaban J connectivity index is 2.34. The van der Waals surface area contributed by atoms with Crippen molar-refractivity contribution in [3.05, 3.63) is 37.9 Å². The zero-order valence-electron chi connectivity index (χ0n) is 9.25. The molecule has 2 aromatic rings. The summed E-state index contributed by atoms with van der Waals surface area (Å²) in [6.45, 7) is 1.48. The Labute approximate surface area is 129 Å². The van der Waals surface area contributed by atoms with Gasteiger partial charge in [-0.2, -0.15) is 5.10 Å². The van der Waals surface area contributed by atoms with Gasteiger partial charge in [-0.1, -0.05) is 0 Å². The van der Waals surface area contributed by atoms with E-state index in [4.69, 9.17) is 0 Å². The Morgan fingerprint density at radius 2 is 1.83 bits per heavy atom. The molecule has 0 bridgehead atoms. The molecule has 94 valence electrons. The van der Waals surface area contributed by atoms with Crippen LogP contribution in [0.3, 0.4) is 0 Å². The Morgan fingerprint density at radius 1 is 1.22 bits per heavy atom. The molecule has 0 saturated carbocycles. The van der Waals surface area contributed by atoms with Crippen molar-refractivity contribution in [1.29, 1.82) is 0 Å². The lowest BCUT2D eigenvalue weighted by molar-refractivity contribution is -0.114. The lowest BCUT2D eigenvalue weighted by atomic mass is 10.3. The third-order valence-electron chi connectivity index (χ3n) is 2.17. The number of carbonyl (C=O) groups excluding carboxylic acids is 1. The first-order valence-electron chi connectivity index (χ1n) is 4.96. The molecule has 0 aliphatic rings. The first-order valence-corrected chi connectivity index (χ1v) is 7.34. The Hall–Kier alpha value is -0.660. The second kappa shape index (κ2) is 5.54. The van der Waals surface area contributed by atoms with Gasteiger partial charge in [0.25, 0.3) is 0 Å². The van der Waals surface area contributed by atoms with E-state index < -0.39 is 0 Å². The van der Waals surface area contributed by atoms with E-state index >= 15 is 0 Å². The van der Waals surface area contributed by atoms with Crippen molar-refractivity contribution in [2.45, 2.75) is 6.92 Å². The largest absolute Gasteiger partial charge is 0.326 e. The fraction of sp³-hybridized carbons (Fsp3) is 0.0909. The molecule has 18 heavy (non-hydrogen) atoms. The number of anilines is 1. The zero-order chi connectivity index (χ0) is 13.3. The Kier molecular flexibility index (Phi) is 4.24. The summed E-state index contributed by atoms with van der Waals surface area (Å²) in [5.74, 6) is -0.0893. The number of nitrogens with one attached hydrogen (secondary N) is 1. The second-order valence-electron chi connectivity index (χ2n) is 3.54. The molecule has 7 heteroatoms. The fourth-order valence-corrected chi connectivity index (χ4v) is 2.75. The summed E-state index contributed by atoms with van der Waals surface area (Å²) in [7, 11) is 0. The maximum Gasteiger partial charge on any atom is 0.221 e. The van der Waals surface area contributed by atoms with Crippen LogP contribution < -0.4 is 5.32 Å². The van der Waals surface area contributed by atoms with Crippen LogP contribution in [0.2, 0.25) is 0 Å². The number of halogens is 3. The number of hydrogen-bond acceptors (Lipinski definition) is 2. The highest BCUT2D eigenvalue weighted by Crippen LogP contribution is 2.32. The van der Waals surface area contributed by atoms with Crippen molar-refractivity contribution >= 4 is 59.4 Å². The fourth-order valence-electron chi connectivity index (χ4n) is 1.41. The summed E-state index contributed by atoms with van der Waals surface area (Å²) in [6, 6.07) is 7.41. The SMILES string of the molecule is CC(=O)Nc1ccc(-n2nc(Br)c(Br)c2Br)cc1. The summed E-state index contributed by atoms with van der Waals surface area (Å²) >= 11 is 10.2. The van der Waals surface area contributed by atoms with E-state index in [-0.39, 0.29) is 5.91 Å². The third kappa shape index (κ3) is 2.84. The lowest BCUT2D eigenvalue weighted by Gasteiger charge is -2.05. The van der Waals surface area contributed by atoms with Crippen LogP contribution >= 0.6 is 47.8 Å². The van der Waals surface area contributed by atoms with Crippen LogP contribution in [0, 0.1) is 0 Å². The number of hydrogen-bond donors (Lipinski definition) is 1. The van der Waals surface area contributed by atoms with Gasteiger partial charge in [0.1, 0.15) is 9.21 Å². The number of amides is 1. The van der Waals surface area contributed by atoms with Crippen molar-refractivity contribution in [2.75, 3.05) is 5.32 Å². The number of carbonyl (C=O) groups is 1. The molecule has 0 unspecified atom stereocenters. The van der Waals surface area contributed by atoms with Crippen molar-refractivity contribution in [3.8, 4) is 5.69 Å². The number of benzene rings is 1. The normalized spacial score (nSPS) is 10.4. The highest BCUT2D eigenvalue weighted by atomic mass is 79.9. The second-order valence-corrected chi connectivity index (χ2v) is 5.83. The van der Waals surface area contributed by atoms with Crippen molar-refractivity contribution in [3.63, 3.8) is 0 Å². The van der Waals surface area contributed by atoms with Crippen LogP contribution in [0.1, 0.15) is 6.92 Å². The number of rotatable bonds is 2. The number of nitrogens with zero attached hydrogens (tertiary/aromatic N) is 2. The standard InChI is InChI=1S/C11H8Br3N3O/c1-6(18)15-7-2-4-8(5-3-7)17-11(14)9(12)10(13)16-17/h2-5H,1H3,(H,15,18). The van der Waals surface area contributed by atoms with Gasteiger partial charge in [-0.25, -0.2) is 4.68 Å². The molecular formula is C11H8Br3N3O. The summed E-state index contributed by atoms with van der Waals surface area (Å²) in [6.07, 6.45) is 0. The van der Waals surface area contributed by atoms with E-state index in [0.717, 1.165) is 25.1 Å². The van der Waals surface area contributed by atoms with Gasteiger partial charge >= 0.3 is 0 Å². The maximum absolute atomic E-state index is 10.9. The van der Waals surface area contributed by atoms with Crippen LogP contribution in [0.4, 0.5) is 5.69 Å². The molecule has 0 aliphatic carbocycles. The summed E-state index contributed by atoms with van der Waals surface area (Å²) in [5.41, 5.74) is 1.65. The molecule has 1 N–H and O–H groups in total. The molecule has 0 saturated heterocycles. The van der Waals surface area contributed by atoms with Crippen LogP contribution in [-0.4, -0.2) is 15.7 Å². The molecule has 1 heterocycles. The minimum Gasteiger partial charge on any atom is -0.326 e. The van der Waals surface area contributed by atoms with Gasteiger partial charge in [0.05, 0.1) is 10.2 Å². The molecule has 0 aliphatic heterocycles. The van der Waals surface area contributed by atoms with Crippen molar-refractivity contribution in [1.82, 2.24) is 9.78 Å². The molecule has 2 rings (SSSR count). The van der Waals surface area contributed by atoms with Gasteiger partial charge in [-0.05, 0) is 72.1 Å². The maximum atomic E-state index is 10.9. The Morgan fingerprint density at radius 3 is 2.28 bits per heavy atom. The average Bonchev–Trinajstić information content (AvgIpc) is 2.57. The average molecular weight is 438 g/mol. The predicted octanol–water partition coefficient (Wildman–Crippen LogP) is 4.12. The van der Waals surface area contributed by atoms with E-state index in [1.807, 2.05) is 24.3 Å². The quantitative estimate of drug-likeness (QED) is 0.768. The van der Waals surface area contributed by atoms with Crippen molar-refractivity contribution in [2.24, 2.45) is 0 Å². The van der Waals surface area contributed by atoms with E-state index in [0.29, 0.717) is 0 Å². The van der Waals surface area contributed by atoms with Gasteiger partial charge in [-0.15, -0.1) is 0 Å². The first-order chi connectivity index (χ1) is 8.49. The van der Waals surface area contributed by atoms with Gasteiger partial charge in [0.2, 0.25) is 5.91 Å². The summed E-state index contributed by atoms with van der Waals surface area (Å²) in [4.78, 5) is 10.9. The van der Waals surface area contributed by atoms with Crippen molar-refractivity contribution < 1.29 is 4.79 Å². The van der Waals surface area contributed by atoms with Gasteiger partial charge in [-0.3, -0.25) is 4.79 Å². The molecular weight excluding hydrogens is 430 g/mol. The van der Waals surface area contributed by atoms with E-state index in [9.17, 15) is 4.79 Å². The van der Waals surface area contributed by atoms with Gasteiger partial charge < -0.3 is 5.32 Å². The highest BCUT2D eigenvalue weighted by Gasteiger charge is 2.12. The minimum absolute atomic E-state index is 0.0893. The van der Waals surface area contributed by atoms with Gasteiger partial charge in [0, 0.05) is 12.6 Å². The van der Waals surface area contributed by atoms with Crippen LogP contribution in [0.15, 0.2) is 37.9 Å². The molecule has 1 aromatic carbocycles. The van der Waals surface area contributed by atoms with E-state index in [1.165, 1.54) is 6.92 Å². The smallest absolute Gasteiger partial charge is 0.221 e. The van der Waals surface area contributed by atoms with E-state index in [2.05, 4.69) is 58.2 Å². The topological polar surface area (TPSA) is 46.9 Å². The molecule has 0 fully saturated rings. The molecule has 1 aromatic heterocycles. The molecule has 0 radical (unpaired) electrons. The molecule has 0 spiro atoms. The zero-order valence-corrected chi connectivity index (χ0v) is 14.0. The molecule has 4 nitrogen and oxygen atoms in total.